The Kier molecular flexibility index (Phi) is 6.98. The Balaban J connectivity index is 1.52. The van der Waals surface area contributed by atoms with E-state index < -0.39 is 18.2 Å². The largest absolute Gasteiger partial charge is 0.481 e. The Morgan fingerprint density at radius 2 is 1.94 bits per heavy atom. The molecule has 4 N–H and O–H groups in total. The Hall–Kier alpha value is -3.73. The number of aliphatic carboxylic acids is 1. The highest BCUT2D eigenvalue weighted by atomic mass is 16.5. The van der Waals surface area contributed by atoms with Crippen molar-refractivity contribution in [2.24, 2.45) is 11.7 Å². The number of carbonyl (C=O) groups is 2. The van der Waals surface area contributed by atoms with Crippen LogP contribution in [0.25, 0.3) is 11.2 Å². The minimum absolute atomic E-state index is 0.0716. The van der Waals surface area contributed by atoms with Gasteiger partial charge in [-0.15, -0.1) is 0 Å². The SMILES string of the molecule is NCC1CCN(c2ncnc3c2ncn3C(CC(=O)O)NC(=O)OCc2ccccc2)CC1. The number of rotatable bonds is 8. The fourth-order valence-corrected chi connectivity index (χ4v) is 3.96. The second-order valence-corrected chi connectivity index (χ2v) is 8.01. The molecule has 4 rings (SSSR count). The van der Waals surface area contributed by atoms with Gasteiger partial charge in [-0.2, -0.15) is 0 Å². The van der Waals surface area contributed by atoms with Crippen molar-refractivity contribution in [1.82, 2.24) is 24.8 Å². The number of hydrogen-bond acceptors (Lipinski definition) is 8. The first kappa shape index (κ1) is 22.5. The van der Waals surface area contributed by atoms with Crippen molar-refractivity contribution < 1.29 is 19.4 Å². The number of ether oxygens (including phenoxy) is 1. The van der Waals surface area contributed by atoms with Gasteiger partial charge in [0.05, 0.1) is 12.7 Å². The third-order valence-corrected chi connectivity index (χ3v) is 5.79. The number of nitrogens with one attached hydrogen (secondary N) is 1. The van der Waals surface area contributed by atoms with Gasteiger partial charge in [0.25, 0.3) is 0 Å². The van der Waals surface area contributed by atoms with E-state index in [2.05, 4.69) is 25.2 Å². The molecule has 2 aromatic heterocycles. The maximum atomic E-state index is 12.4. The van der Waals surface area contributed by atoms with Crippen molar-refractivity contribution in [2.75, 3.05) is 24.5 Å². The number of carboxylic acid groups (broad SMARTS) is 1. The second kappa shape index (κ2) is 10.3. The van der Waals surface area contributed by atoms with Crippen LogP contribution in [0.3, 0.4) is 0 Å². The summed E-state index contributed by atoms with van der Waals surface area (Å²) in [6.45, 7) is 2.36. The molecule has 1 amide bonds. The lowest BCUT2D eigenvalue weighted by atomic mass is 9.97. The quantitative estimate of drug-likeness (QED) is 0.465. The highest BCUT2D eigenvalue weighted by Crippen LogP contribution is 2.27. The number of nitrogens with zero attached hydrogens (tertiary/aromatic N) is 5. The number of piperidine rings is 1. The minimum Gasteiger partial charge on any atom is -0.481 e. The monoisotopic (exact) mass is 453 g/mol. The molecule has 0 saturated carbocycles. The Labute approximate surface area is 190 Å². The number of hydrogen-bond donors (Lipinski definition) is 3. The highest BCUT2D eigenvalue weighted by Gasteiger charge is 2.25. The zero-order chi connectivity index (χ0) is 23.2. The highest BCUT2D eigenvalue weighted by molar-refractivity contribution is 5.84. The Morgan fingerprint density at radius 1 is 1.18 bits per heavy atom. The number of imidazole rings is 1. The van der Waals surface area contributed by atoms with Crippen LogP contribution < -0.4 is 16.0 Å². The lowest BCUT2D eigenvalue weighted by Crippen LogP contribution is -2.36. The number of aromatic nitrogens is 4. The van der Waals surface area contributed by atoms with Crippen LogP contribution in [0.5, 0.6) is 0 Å². The van der Waals surface area contributed by atoms with Crippen LogP contribution in [0.15, 0.2) is 43.0 Å². The first-order chi connectivity index (χ1) is 16.0. The summed E-state index contributed by atoms with van der Waals surface area (Å²) in [5, 5.41) is 12.0. The third kappa shape index (κ3) is 5.37. The van der Waals surface area contributed by atoms with Gasteiger partial charge in [-0.3, -0.25) is 9.36 Å². The zero-order valence-corrected chi connectivity index (χ0v) is 18.1. The van der Waals surface area contributed by atoms with E-state index >= 15 is 0 Å². The number of amides is 1. The van der Waals surface area contributed by atoms with Gasteiger partial charge >= 0.3 is 12.1 Å². The second-order valence-electron chi connectivity index (χ2n) is 8.01. The van der Waals surface area contributed by atoms with Crippen molar-refractivity contribution in [2.45, 2.75) is 32.0 Å². The van der Waals surface area contributed by atoms with Gasteiger partial charge in [-0.25, -0.2) is 19.7 Å². The number of anilines is 1. The molecule has 1 aromatic carbocycles. The van der Waals surface area contributed by atoms with E-state index in [0.717, 1.165) is 31.5 Å². The van der Waals surface area contributed by atoms with E-state index in [1.807, 2.05) is 30.3 Å². The molecule has 0 spiro atoms. The minimum atomic E-state index is -1.08. The van der Waals surface area contributed by atoms with Crippen LogP contribution in [0, 0.1) is 5.92 Å². The smallest absolute Gasteiger partial charge is 0.409 e. The summed E-state index contributed by atoms with van der Waals surface area (Å²) in [6.07, 6.45) is 2.81. The fourth-order valence-electron chi connectivity index (χ4n) is 3.96. The number of alkyl carbamates (subject to hydrolysis) is 1. The van der Waals surface area contributed by atoms with E-state index in [4.69, 9.17) is 10.5 Å². The van der Waals surface area contributed by atoms with Crippen molar-refractivity contribution in [1.29, 1.82) is 0 Å². The van der Waals surface area contributed by atoms with Crippen LogP contribution in [-0.4, -0.2) is 56.3 Å². The van der Waals surface area contributed by atoms with Crippen LogP contribution in [-0.2, 0) is 16.1 Å². The fraction of sp³-hybridized carbons (Fsp3) is 0.409. The molecule has 1 atom stereocenters. The predicted octanol–water partition coefficient (Wildman–Crippen LogP) is 1.90. The lowest BCUT2D eigenvalue weighted by Gasteiger charge is -2.32. The average Bonchev–Trinajstić information content (AvgIpc) is 3.27. The molecule has 11 nitrogen and oxygen atoms in total. The van der Waals surface area contributed by atoms with E-state index in [9.17, 15) is 14.7 Å². The maximum Gasteiger partial charge on any atom is 0.409 e. The van der Waals surface area contributed by atoms with Crippen LogP contribution in [0.2, 0.25) is 0 Å². The summed E-state index contributed by atoms with van der Waals surface area (Å²) in [5.41, 5.74) is 7.62. The van der Waals surface area contributed by atoms with Crippen LogP contribution in [0.1, 0.15) is 31.0 Å². The molecule has 33 heavy (non-hydrogen) atoms. The maximum absolute atomic E-state index is 12.4. The number of benzene rings is 1. The normalized spacial score (nSPS) is 15.4. The summed E-state index contributed by atoms with van der Waals surface area (Å²) in [6, 6.07) is 9.22. The van der Waals surface area contributed by atoms with Gasteiger partial charge < -0.3 is 25.8 Å². The van der Waals surface area contributed by atoms with Crippen molar-refractivity contribution in [3.8, 4) is 0 Å². The summed E-state index contributed by atoms with van der Waals surface area (Å²) >= 11 is 0. The summed E-state index contributed by atoms with van der Waals surface area (Å²) < 4.78 is 6.79. The van der Waals surface area contributed by atoms with Crippen molar-refractivity contribution >= 4 is 29.0 Å². The molecular weight excluding hydrogens is 426 g/mol. The average molecular weight is 454 g/mol. The molecule has 1 aliphatic heterocycles. The summed E-state index contributed by atoms with van der Waals surface area (Å²) in [5.74, 6) is 0.112. The number of carbonyl (C=O) groups excluding carboxylic acids is 1. The van der Waals surface area contributed by atoms with Gasteiger partial charge in [0.2, 0.25) is 0 Å². The van der Waals surface area contributed by atoms with Crippen LogP contribution >= 0.6 is 0 Å². The number of carboxylic acids is 1. The molecule has 0 radical (unpaired) electrons. The molecule has 1 fully saturated rings. The van der Waals surface area contributed by atoms with Crippen LogP contribution in [0.4, 0.5) is 10.6 Å². The topological polar surface area (TPSA) is 148 Å². The van der Waals surface area contributed by atoms with E-state index in [0.29, 0.717) is 29.4 Å². The van der Waals surface area contributed by atoms with E-state index in [1.165, 1.54) is 17.2 Å². The first-order valence-corrected chi connectivity index (χ1v) is 10.9. The molecule has 1 saturated heterocycles. The molecule has 11 heteroatoms. The Bertz CT molecular complexity index is 1100. The molecule has 0 bridgehead atoms. The molecule has 1 unspecified atom stereocenters. The molecular formula is C22H27N7O4. The number of nitrogens with two attached hydrogens (primary N) is 1. The summed E-state index contributed by atoms with van der Waals surface area (Å²) in [4.78, 5) is 39.2. The molecule has 174 valence electrons. The molecule has 3 aromatic rings. The molecule has 1 aliphatic rings. The zero-order valence-electron chi connectivity index (χ0n) is 18.1. The van der Waals surface area contributed by atoms with Gasteiger partial charge in [0.1, 0.15) is 19.1 Å². The van der Waals surface area contributed by atoms with Gasteiger partial charge in [-0.1, -0.05) is 30.3 Å². The van der Waals surface area contributed by atoms with Gasteiger partial charge in [0, 0.05) is 13.1 Å². The van der Waals surface area contributed by atoms with Gasteiger partial charge in [0.15, 0.2) is 17.0 Å². The molecule has 0 aliphatic carbocycles. The third-order valence-electron chi connectivity index (χ3n) is 5.79. The first-order valence-electron chi connectivity index (χ1n) is 10.9. The Morgan fingerprint density at radius 3 is 2.64 bits per heavy atom. The van der Waals surface area contributed by atoms with Crippen molar-refractivity contribution in [3.05, 3.63) is 48.5 Å². The lowest BCUT2D eigenvalue weighted by molar-refractivity contribution is -0.138. The predicted molar refractivity (Wildman–Crippen MR) is 120 cm³/mol. The van der Waals surface area contributed by atoms with Crippen molar-refractivity contribution in [3.63, 3.8) is 0 Å². The van der Waals surface area contributed by atoms with E-state index in [1.54, 1.807) is 0 Å². The van der Waals surface area contributed by atoms with Gasteiger partial charge in [-0.05, 0) is 30.9 Å². The molecule has 3 heterocycles. The summed E-state index contributed by atoms with van der Waals surface area (Å²) in [7, 11) is 0. The number of fused-ring (bicyclic) bond motifs is 1. The standard InChI is InChI=1S/C22H27N7O4/c23-11-15-6-8-28(9-7-15)20-19-21(25-13-24-20)29(14-26-19)17(10-18(30)31)27-22(32)33-12-16-4-2-1-3-5-16/h1-5,13-15,17H,6-12,23H2,(H,27,32)(H,30,31). The van der Waals surface area contributed by atoms with E-state index in [-0.39, 0.29) is 13.0 Å².